The summed E-state index contributed by atoms with van der Waals surface area (Å²) in [6.07, 6.45) is 1.81. The lowest BCUT2D eigenvalue weighted by Gasteiger charge is -2.12. The number of halogens is 3. The van der Waals surface area contributed by atoms with Crippen LogP contribution in [-0.4, -0.2) is 9.97 Å². The third-order valence-corrected chi connectivity index (χ3v) is 5.65. The van der Waals surface area contributed by atoms with E-state index in [-0.39, 0.29) is 0 Å². The van der Waals surface area contributed by atoms with Gasteiger partial charge in [0.1, 0.15) is 0 Å². The number of anilines is 1. The Morgan fingerprint density at radius 3 is 2.28 bits per heavy atom. The van der Waals surface area contributed by atoms with E-state index < -0.39 is 0 Å². The second-order valence-electron chi connectivity index (χ2n) is 5.61. The van der Waals surface area contributed by atoms with Crippen LogP contribution >= 0.6 is 47.8 Å². The maximum Gasteiger partial charge on any atom is 0.0968 e. The van der Waals surface area contributed by atoms with Gasteiger partial charge in [-0.1, -0.05) is 40.2 Å². The molecule has 2 aromatic heterocycles. The summed E-state index contributed by atoms with van der Waals surface area (Å²) < 4.78 is 2.99. The second kappa shape index (κ2) is 7.02. The summed E-state index contributed by atoms with van der Waals surface area (Å²) in [4.78, 5) is 9.33. The maximum atomic E-state index is 4.83. The molecule has 0 amide bonds. The molecule has 0 atom stereocenters. The van der Waals surface area contributed by atoms with Gasteiger partial charge in [-0.25, -0.2) is 4.98 Å². The maximum absolute atomic E-state index is 4.83. The number of hydrogen-bond acceptors (Lipinski definition) is 3. The zero-order chi connectivity index (χ0) is 17.4. The third-order valence-electron chi connectivity index (χ3n) is 3.94. The molecule has 25 heavy (non-hydrogen) atoms. The van der Waals surface area contributed by atoms with Gasteiger partial charge in [0.05, 0.1) is 29.0 Å². The molecule has 0 fully saturated rings. The van der Waals surface area contributed by atoms with Gasteiger partial charge in [0.2, 0.25) is 0 Å². The van der Waals surface area contributed by atoms with Crippen molar-refractivity contribution in [2.75, 3.05) is 5.32 Å². The molecule has 2 heterocycles. The van der Waals surface area contributed by atoms with Crippen molar-refractivity contribution in [2.45, 2.75) is 6.54 Å². The first-order chi connectivity index (χ1) is 12.1. The minimum Gasteiger partial charge on any atom is -0.378 e. The minimum absolute atomic E-state index is 0.623. The lowest BCUT2D eigenvalue weighted by Crippen LogP contribution is -2.03. The molecule has 0 aliphatic carbocycles. The van der Waals surface area contributed by atoms with E-state index in [0.717, 1.165) is 46.6 Å². The minimum atomic E-state index is 0.623. The van der Waals surface area contributed by atoms with Crippen molar-refractivity contribution >= 4 is 75.3 Å². The number of fused-ring (bicyclic) bond motifs is 3. The monoisotopic (exact) mass is 519 g/mol. The fourth-order valence-corrected chi connectivity index (χ4v) is 5.29. The van der Waals surface area contributed by atoms with E-state index in [4.69, 9.17) is 4.98 Å². The highest BCUT2D eigenvalue weighted by Crippen LogP contribution is 2.34. The van der Waals surface area contributed by atoms with Crippen LogP contribution in [0.1, 0.15) is 5.69 Å². The molecule has 6 heteroatoms. The van der Waals surface area contributed by atoms with E-state index in [9.17, 15) is 0 Å². The Morgan fingerprint density at radius 2 is 1.52 bits per heavy atom. The summed E-state index contributed by atoms with van der Waals surface area (Å²) in [5.41, 5.74) is 3.84. The van der Waals surface area contributed by atoms with Gasteiger partial charge >= 0.3 is 0 Å². The van der Waals surface area contributed by atoms with Crippen LogP contribution in [0, 0.1) is 0 Å². The van der Waals surface area contributed by atoms with Crippen LogP contribution in [0.25, 0.3) is 21.8 Å². The van der Waals surface area contributed by atoms with Crippen LogP contribution in [0.5, 0.6) is 0 Å². The number of hydrogen-bond donors (Lipinski definition) is 1. The Morgan fingerprint density at radius 1 is 0.840 bits per heavy atom. The molecule has 0 radical (unpaired) electrons. The van der Waals surface area contributed by atoms with E-state index in [1.54, 1.807) is 0 Å². The topological polar surface area (TPSA) is 37.8 Å². The molecule has 0 aliphatic heterocycles. The van der Waals surface area contributed by atoms with Gasteiger partial charge in [0.25, 0.3) is 0 Å². The summed E-state index contributed by atoms with van der Waals surface area (Å²) in [5.74, 6) is 0. The average Bonchev–Trinajstić information content (AvgIpc) is 2.60. The SMILES string of the molecule is Brc1cc(Br)c(NCc2ccc3ccc4cccnc4c3n2)c(Br)c1. The second-order valence-corrected chi connectivity index (χ2v) is 8.24. The van der Waals surface area contributed by atoms with Gasteiger partial charge in [-0.05, 0) is 56.1 Å². The lowest BCUT2D eigenvalue weighted by molar-refractivity contribution is 1.06. The number of pyridine rings is 2. The van der Waals surface area contributed by atoms with Gasteiger partial charge in [0.15, 0.2) is 0 Å². The molecule has 0 bridgehead atoms. The van der Waals surface area contributed by atoms with Crippen molar-refractivity contribution in [2.24, 2.45) is 0 Å². The van der Waals surface area contributed by atoms with Crippen molar-refractivity contribution < 1.29 is 0 Å². The molecular formula is C19H12Br3N3. The van der Waals surface area contributed by atoms with Crippen molar-refractivity contribution in [3.8, 4) is 0 Å². The van der Waals surface area contributed by atoms with Crippen LogP contribution in [0.15, 0.2) is 68.1 Å². The number of nitrogens with one attached hydrogen (secondary N) is 1. The zero-order valence-corrected chi connectivity index (χ0v) is 17.7. The molecule has 4 aromatic rings. The molecule has 2 aromatic carbocycles. The molecule has 4 rings (SSSR count). The van der Waals surface area contributed by atoms with Crippen molar-refractivity contribution in [1.29, 1.82) is 0 Å². The molecule has 124 valence electrons. The number of rotatable bonds is 3. The van der Waals surface area contributed by atoms with Gasteiger partial charge in [-0.3, -0.25) is 4.98 Å². The standard InChI is InChI=1S/C19H12Br3N3/c20-13-8-15(21)19(16(22)9-13)24-10-14-6-5-12-4-3-11-2-1-7-23-17(11)18(12)25-14/h1-9,24H,10H2. The molecular weight excluding hydrogens is 510 g/mol. The smallest absolute Gasteiger partial charge is 0.0968 e. The predicted octanol–water partition coefficient (Wildman–Crippen LogP) is 6.68. The molecule has 0 saturated carbocycles. The zero-order valence-electron chi connectivity index (χ0n) is 12.9. The first-order valence-corrected chi connectivity index (χ1v) is 10.0. The Hall–Kier alpha value is -1.50. The fourth-order valence-electron chi connectivity index (χ4n) is 2.75. The van der Waals surface area contributed by atoms with Gasteiger partial charge in [-0.2, -0.15) is 0 Å². The van der Waals surface area contributed by atoms with E-state index >= 15 is 0 Å². The number of benzene rings is 2. The molecule has 0 aliphatic rings. The molecule has 3 nitrogen and oxygen atoms in total. The molecule has 0 spiro atoms. The number of nitrogens with zero attached hydrogens (tertiary/aromatic N) is 2. The van der Waals surface area contributed by atoms with Crippen LogP contribution in [0.2, 0.25) is 0 Å². The normalized spacial score (nSPS) is 11.2. The van der Waals surface area contributed by atoms with E-state index in [0.29, 0.717) is 6.54 Å². The fraction of sp³-hybridized carbons (Fsp3) is 0.0526. The summed E-state index contributed by atoms with van der Waals surface area (Å²) in [5, 5.41) is 5.64. The van der Waals surface area contributed by atoms with Crippen LogP contribution in [0.3, 0.4) is 0 Å². The Labute approximate surface area is 170 Å². The summed E-state index contributed by atoms with van der Waals surface area (Å²) in [7, 11) is 0. The van der Waals surface area contributed by atoms with E-state index in [1.165, 1.54) is 0 Å². The third kappa shape index (κ3) is 3.43. The Balaban J connectivity index is 1.70. The molecule has 1 N–H and O–H groups in total. The summed E-state index contributed by atoms with van der Waals surface area (Å²) >= 11 is 10.7. The van der Waals surface area contributed by atoms with Crippen molar-refractivity contribution in [3.63, 3.8) is 0 Å². The van der Waals surface area contributed by atoms with Crippen molar-refractivity contribution in [1.82, 2.24) is 9.97 Å². The molecule has 0 unspecified atom stereocenters. The predicted molar refractivity (Wildman–Crippen MR) is 114 cm³/mol. The van der Waals surface area contributed by atoms with Crippen LogP contribution < -0.4 is 5.32 Å². The van der Waals surface area contributed by atoms with Gasteiger partial charge < -0.3 is 5.32 Å². The van der Waals surface area contributed by atoms with E-state index in [2.05, 4.69) is 82.4 Å². The average molecular weight is 522 g/mol. The molecule has 0 saturated heterocycles. The first-order valence-electron chi connectivity index (χ1n) is 7.63. The largest absolute Gasteiger partial charge is 0.378 e. The first kappa shape index (κ1) is 16.9. The Bertz CT molecular complexity index is 1070. The summed E-state index contributed by atoms with van der Waals surface area (Å²) in [6.45, 7) is 0.623. The highest BCUT2D eigenvalue weighted by Gasteiger charge is 2.08. The van der Waals surface area contributed by atoms with Crippen molar-refractivity contribution in [3.05, 3.63) is 73.8 Å². The highest BCUT2D eigenvalue weighted by atomic mass is 79.9. The van der Waals surface area contributed by atoms with Crippen LogP contribution in [0.4, 0.5) is 5.69 Å². The van der Waals surface area contributed by atoms with Crippen LogP contribution in [-0.2, 0) is 6.54 Å². The van der Waals surface area contributed by atoms with Gasteiger partial charge in [0, 0.05) is 30.4 Å². The lowest BCUT2D eigenvalue weighted by atomic mass is 10.1. The number of aromatic nitrogens is 2. The van der Waals surface area contributed by atoms with Gasteiger partial charge in [-0.15, -0.1) is 0 Å². The highest BCUT2D eigenvalue weighted by molar-refractivity contribution is 9.11. The quantitative estimate of drug-likeness (QED) is 0.305. The van der Waals surface area contributed by atoms with E-state index in [1.807, 2.05) is 30.5 Å². The summed E-state index contributed by atoms with van der Waals surface area (Å²) in [6, 6.07) is 16.3. The Kier molecular flexibility index (Phi) is 4.75.